The van der Waals surface area contributed by atoms with Crippen LogP contribution >= 0.6 is 0 Å². The first-order valence-electron chi connectivity index (χ1n) is 14.3. The summed E-state index contributed by atoms with van der Waals surface area (Å²) >= 11 is 0. The van der Waals surface area contributed by atoms with Crippen LogP contribution in [0, 0.1) is 6.92 Å². The molecule has 1 aromatic heterocycles. The van der Waals surface area contributed by atoms with Gasteiger partial charge in [-0.05, 0) is 74.9 Å². The number of carbonyl (C=O) groups is 1. The molecule has 1 amide bonds. The smallest absolute Gasteiger partial charge is 0.245 e. The Kier molecular flexibility index (Phi) is 7.43. The Hall–Kier alpha value is -3.18. The minimum atomic E-state index is -2.99. The van der Waals surface area contributed by atoms with Crippen molar-refractivity contribution in [3.8, 4) is 5.75 Å². The Morgan fingerprint density at radius 1 is 1.05 bits per heavy atom. The lowest BCUT2D eigenvalue weighted by Crippen LogP contribution is -2.48. The van der Waals surface area contributed by atoms with E-state index in [2.05, 4.69) is 45.8 Å². The number of ether oxygens (including phenoxy) is 1. The highest BCUT2D eigenvalue weighted by Gasteiger charge is 2.31. The van der Waals surface area contributed by atoms with E-state index >= 15 is 0 Å². The normalized spacial score (nSPS) is 21.9. The van der Waals surface area contributed by atoms with Gasteiger partial charge in [0, 0.05) is 32.2 Å². The maximum absolute atomic E-state index is 11.9. The molecule has 40 heavy (non-hydrogen) atoms. The average molecular weight is 567 g/mol. The van der Waals surface area contributed by atoms with E-state index in [-0.39, 0.29) is 17.4 Å². The van der Waals surface area contributed by atoms with Crippen LogP contribution in [-0.4, -0.2) is 90.9 Å². The molecule has 5 heterocycles. The fraction of sp³-hybridized carbons (Fsp3) is 0.552. The summed E-state index contributed by atoms with van der Waals surface area (Å²) in [4.78, 5) is 27.5. The number of carbonyl (C=O) groups excluding carboxylic acids is 1. The highest BCUT2D eigenvalue weighted by molar-refractivity contribution is 7.91. The van der Waals surface area contributed by atoms with Gasteiger partial charge in [-0.2, -0.15) is 0 Å². The van der Waals surface area contributed by atoms with E-state index in [9.17, 15) is 13.2 Å². The predicted molar refractivity (Wildman–Crippen MR) is 155 cm³/mol. The molecule has 214 valence electrons. The van der Waals surface area contributed by atoms with Crippen molar-refractivity contribution in [1.29, 1.82) is 0 Å². The number of rotatable bonds is 4. The highest BCUT2D eigenvalue weighted by Crippen LogP contribution is 2.41. The number of likely N-dealkylation sites (tertiary alicyclic amines) is 2. The summed E-state index contributed by atoms with van der Waals surface area (Å²) in [6, 6.07) is 5.02. The van der Waals surface area contributed by atoms with E-state index in [1.165, 1.54) is 11.6 Å². The number of nitrogens with one attached hydrogen (secondary N) is 1. The molecule has 0 radical (unpaired) electrons. The Balaban J connectivity index is 1.14. The first kappa shape index (κ1) is 27.0. The van der Waals surface area contributed by atoms with Crippen molar-refractivity contribution in [3.63, 3.8) is 0 Å². The van der Waals surface area contributed by atoms with Crippen LogP contribution in [0.4, 0.5) is 17.3 Å². The van der Waals surface area contributed by atoms with Gasteiger partial charge >= 0.3 is 0 Å². The molecule has 0 saturated carbocycles. The molecule has 0 aliphatic carbocycles. The quantitative estimate of drug-likeness (QED) is 0.559. The molecule has 1 aromatic carbocycles. The zero-order valence-electron chi connectivity index (χ0n) is 23.1. The monoisotopic (exact) mass is 566 g/mol. The molecule has 0 spiro atoms. The van der Waals surface area contributed by atoms with Crippen molar-refractivity contribution in [2.75, 3.05) is 61.0 Å². The molecule has 4 aliphatic rings. The van der Waals surface area contributed by atoms with E-state index in [0.29, 0.717) is 37.5 Å². The number of hydrogen-bond donors (Lipinski definition) is 1. The second-order valence-corrected chi connectivity index (χ2v) is 13.7. The molecular weight excluding hydrogens is 528 g/mol. The number of nitrogens with zero attached hydrogens (tertiary/aromatic N) is 5. The number of piperidine rings is 2. The van der Waals surface area contributed by atoms with Crippen molar-refractivity contribution in [3.05, 3.63) is 47.8 Å². The lowest BCUT2D eigenvalue weighted by atomic mass is 9.87. The minimum Gasteiger partial charge on any atom is -0.486 e. The van der Waals surface area contributed by atoms with Gasteiger partial charge in [0.05, 0.1) is 22.8 Å². The number of sulfone groups is 1. The van der Waals surface area contributed by atoms with Gasteiger partial charge in [-0.1, -0.05) is 12.6 Å². The maximum Gasteiger partial charge on any atom is 0.245 e. The number of fused-ring (bicyclic) bond motifs is 2. The zero-order valence-corrected chi connectivity index (χ0v) is 24.0. The van der Waals surface area contributed by atoms with Gasteiger partial charge in [0.15, 0.2) is 9.84 Å². The summed E-state index contributed by atoms with van der Waals surface area (Å²) < 4.78 is 30.2. The topological polar surface area (TPSA) is 108 Å². The first-order chi connectivity index (χ1) is 19.3. The van der Waals surface area contributed by atoms with Crippen LogP contribution in [-0.2, 0) is 21.2 Å². The minimum absolute atomic E-state index is 0.0422. The van der Waals surface area contributed by atoms with Gasteiger partial charge < -0.3 is 24.8 Å². The molecule has 1 N–H and O–H groups in total. The van der Waals surface area contributed by atoms with Crippen LogP contribution in [0.2, 0.25) is 0 Å². The molecular formula is C29H38N6O4S. The highest BCUT2D eigenvalue weighted by atomic mass is 32.2. The van der Waals surface area contributed by atoms with Crippen LogP contribution in [0.15, 0.2) is 31.1 Å². The summed E-state index contributed by atoms with van der Waals surface area (Å²) in [5, 5.41) is 3.53. The number of aromatic nitrogens is 2. The third kappa shape index (κ3) is 5.41. The van der Waals surface area contributed by atoms with Crippen LogP contribution in [0.3, 0.4) is 0 Å². The van der Waals surface area contributed by atoms with Crippen molar-refractivity contribution in [2.24, 2.45) is 0 Å². The van der Waals surface area contributed by atoms with E-state index < -0.39 is 9.84 Å². The van der Waals surface area contributed by atoms with Gasteiger partial charge in [-0.3, -0.25) is 4.79 Å². The van der Waals surface area contributed by atoms with Crippen molar-refractivity contribution >= 4 is 33.1 Å². The van der Waals surface area contributed by atoms with E-state index in [0.717, 1.165) is 80.2 Å². The number of hydrogen-bond acceptors (Lipinski definition) is 9. The Labute approximate surface area is 236 Å². The number of anilines is 3. The molecule has 0 bridgehead atoms. The van der Waals surface area contributed by atoms with Crippen LogP contribution in [0.5, 0.6) is 5.75 Å². The third-order valence-electron chi connectivity index (χ3n) is 8.95. The number of amides is 1. The lowest BCUT2D eigenvalue weighted by Gasteiger charge is -2.41. The van der Waals surface area contributed by atoms with Crippen LogP contribution in [0.1, 0.15) is 48.3 Å². The second kappa shape index (κ2) is 11.0. The molecule has 2 aromatic rings. The molecule has 0 unspecified atom stereocenters. The third-order valence-corrected chi connectivity index (χ3v) is 10.6. The van der Waals surface area contributed by atoms with Crippen molar-refractivity contribution < 1.29 is 17.9 Å². The lowest BCUT2D eigenvalue weighted by molar-refractivity contribution is -0.127. The molecule has 11 heteroatoms. The standard InChI is InChI=1S/C29H38N6O4S/c1-3-26(36)34-10-6-23(7-11-34)33-8-4-21(5-9-33)22-16-20(2)27-25(17-22)32-28-24(18-39-27)29(31-19-30-28)35-12-14-40(37,38)15-13-35/h3,16-17,19,21,23H,1,4-15,18H2,2H3,(H,30,31,32). The van der Waals surface area contributed by atoms with Gasteiger partial charge in [0.2, 0.25) is 5.91 Å². The van der Waals surface area contributed by atoms with E-state index in [1.54, 1.807) is 6.33 Å². The summed E-state index contributed by atoms with van der Waals surface area (Å²) in [7, 11) is -2.99. The second-order valence-electron chi connectivity index (χ2n) is 11.4. The first-order valence-corrected chi connectivity index (χ1v) is 16.1. The average Bonchev–Trinajstić information content (AvgIpc) is 3.17. The summed E-state index contributed by atoms with van der Waals surface area (Å²) in [6.07, 6.45) is 7.22. The summed E-state index contributed by atoms with van der Waals surface area (Å²) in [6.45, 7) is 10.6. The zero-order chi connectivity index (χ0) is 27.9. The van der Waals surface area contributed by atoms with Gasteiger partial charge in [-0.25, -0.2) is 18.4 Å². The Morgan fingerprint density at radius 3 is 2.48 bits per heavy atom. The van der Waals surface area contributed by atoms with Crippen LogP contribution in [0.25, 0.3) is 0 Å². The van der Waals surface area contributed by atoms with Gasteiger partial charge in [0.25, 0.3) is 0 Å². The maximum atomic E-state index is 11.9. The molecule has 4 aliphatic heterocycles. The van der Waals surface area contributed by atoms with E-state index in [4.69, 9.17) is 4.74 Å². The number of benzene rings is 1. The van der Waals surface area contributed by atoms with Crippen LogP contribution < -0.4 is 15.0 Å². The summed E-state index contributed by atoms with van der Waals surface area (Å²) in [5.41, 5.74) is 4.18. The van der Waals surface area contributed by atoms with Gasteiger partial charge in [-0.15, -0.1) is 0 Å². The molecule has 6 rings (SSSR count). The fourth-order valence-corrected chi connectivity index (χ4v) is 7.81. The fourth-order valence-electron chi connectivity index (χ4n) is 6.61. The largest absolute Gasteiger partial charge is 0.486 e. The number of aryl methyl sites for hydroxylation is 1. The Morgan fingerprint density at radius 2 is 1.77 bits per heavy atom. The van der Waals surface area contributed by atoms with Crippen molar-refractivity contribution in [1.82, 2.24) is 19.8 Å². The van der Waals surface area contributed by atoms with Gasteiger partial charge in [0.1, 0.15) is 30.3 Å². The molecule has 3 fully saturated rings. The Bertz CT molecular complexity index is 1380. The molecule has 0 atom stereocenters. The SMILES string of the molecule is C=CC(=O)N1CCC(N2CCC(c3cc(C)c4c(c3)Nc3ncnc(N5CCS(=O)(=O)CC5)c3CO4)CC2)CC1. The molecule has 3 saturated heterocycles. The van der Waals surface area contributed by atoms with Crippen molar-refractivity contribution in [2.45, 2.75) is 51.2 Å². The summed E-state index contributed by atoms with van der Waals surface area (Å²) in [5.74, 6) is 3.07. The predicted octanol–water partition coefficient (Wildman–Crippen LogP) is 3.01. The molecule has 10 nitrogen and oxygen atoms in total. The van der Waals surface area contributed by atoms with E-state index in [1.807, 2.05) is 9.80 Å².